The Morgan fingerprint density at radius 2 is 2.38 bits per heavy atom. The average molecular weight is 241 g/mol. The molecule has 0 saturated heterocycles. The molecule has 16 heavy (non-hydrogen) atoms. The molecule has 0 saturated carbocycles. The second kappa shape index (κ2) is 4.05. The van der Waals surface area contributed by atoms with E-state index in [-0.39, 0.29) is 5.76 Å². The van der Waals surface area contributed by atoms with Crippen molar-refractivity contribution >= 4 is 23.4 Å². The van der Waals surface area contributed by atoms with E-state index in [1.54, 1.807) is 18.0 Å². The third-order valence-electron chi connectivity index (χ3n) is 2.78. The molecule has 1 atom stereocenters. The van der Waals surface area contributed by atoms with E-state index in [9.17, 15) is 4.79 Å². The van der Waals surface area contributed by atoms with Crippen LogP contribution < -0.4 is 4.90 Å². The lowest BCUT2D eigenvalue weighted by Crippen LogP contribution is -2.34. The van der Waals surface area contributed by atoms with Crippen molar-refractivity contribution in [1.82, 2.24) is 0 Å². The number of fused-ring (bicyclic) bond motifs is 1. The molecule has 0 aliphatic carbocycles. The number of hydrogen-bond acceptors (Lipinski definition) is 4. The van der Waals surface area contributed by atoms with Crippen molar-refractivity contribution in [3.8, 4) is 0 Å². The molecule has 1 unspecified atom stereocenters. The summed E-state index contributed by atoms with van der Waals surface area (Å²) in [7, 11) is 1.91. The van der Waals surface area contributed by atoms with Crippen LogP contribution in [-0.2, 0) is 0 Å². The Labute approximate surface area is 98.6 Å². The molecular formula is C11H15NO3S. The molecule has 0 fully saturated rings. The molecule has 1 N–H and O–H groups in total. The molecule has 1 aromatic rings. The van der Waals surface area contributed by atoms with Gasteiger partial charge >= 0.3 is 5.97 Å². The van der Waals surface area contributed by atoms with E-state index in [1.165, 1.54) is 0 Å². The first-order valence-corrected chi connectivity index (χ1v) is 6.11. The van der Waals surface area contributed by atoms with Gasteiger partial charge in [0.1, 0.15) is 12.0 Å². The maximum absolute atomic E-state index is 11.0. The predicted octanol–water partition coefficient (Wildman–Crippen LogP) is 2.54. The van der Waals surface area contributed by atoms with E-state index < -0.39 is 5.97 Å². The molecule has 2 heterocycles. The van der Waals surface area contributed by atoms with Crippen LogP contribution in [-0.4, -0.2) is 29.9 Å². The standard InChI is InChI=1S/C11H15NO3S/c1-6(2)7-4-12(3)9-8(16-7)5-15-10(9)11(13)14/h5-7H,4H2,1-3H3,(H,13,14). The summed E-state index contributed by atoms with van der Waals surface area (Å²) in [6, 6.07) is 0. The second-order valence-corrected chi connectivity index (χ2v) is 5.64. The van der Waals surface area contributed by atoms with Gasteiger partial charge in [-0.2, -0.15) is 0 Å². The van der Waals surface area contributed by atoms with Gasteiger partial charge in [-0.3, -0.25) is 0 Å². The van der Waals surface area contributed by atoms with Crippen LogP contribution in [0.2, 0.25) is 0 Å². The second-order valence-electron chi connectivity index (χ2n) is 4.36. The van der Waals surface area contributed by atoms with Crippen molar-refractivity contribution in [2.75, 3.05) is 18.5 Å². The minimum absolute atomic E-state index is 0.0483. The van der Waals surface area contributed by atoms with Crippen LogP contribution in [0.4, 0.5) is 5.69 Å². The molecule has 1 aromatic heterocycles. The number of thioether (sulfide) groups is 1. The molecule has 0 bridgehead atoms. The minimum Gasteiger partial charge on any atom is -0.475 e. The smallest absolute Gasteiger partial charge is 0.374 e. The van der Waals surface area contributed by atoms with Crippen LogP contribution in [0, 0.1) is 5.92 Å². The number of aromatic carboxylic acids is 1. The first-order chi connectivity index (χ1) is 7.50. The van der Waals surface area contributed by atoms with Gasteiger partial charge in [-0.15, -0.1) is 11.8 Å². The molecule has 0 spiro atoms. The predicted molar refractivity (Wildman–Crippen MR) is 63.4 cm³/mol. The third-order valence-corrected chi connectivity index (χ3v) is 4.32. The lowest BCUT2D eigenvalue weighted by Gasteiger charge is -2.32. The Hall–Kier alpha value is -1.10. The van der Waals surface area contributed by atoms with Crippen LogP contribution in [0.1, 0.15) is 24.4 Å². The van der Waals surface area contributed by atoms with E-state index in [4.69, 9.17) is 9.52 Å². The monoisotopic (exact) mass is 241 g/mol. The molecule has 4 nitrogen and oxygen atoms in total. The third kappa shape index (κ3) is 1.80. The number of anilines is 1. The molecule has 2 rings (SSSR count). The zero-order valence-electron chi connectivity index (χ0n) is 9.56. The molecule has 1 aliphatic heterocycles. The maximum Gasteiger partial charge on any atom is 0.374 e. The lowest BCUT2D eigenvalue weighted by atomic mass is 10.1. The summed E-state index contributed by atoms with van der Waals surface area (Å²) in [5, 5.41) is 9.48. The quantitative estimate of drug-likeness (QED) is 0.862. The Morgan fingerprint density at radius 1 is 1.69 bits per heavy atom. The highest BCUT2D eigenvalue weighted by Crippen LogP contribution is 2.43. The van der Waals surface area contributed by atoms with Gasteiger partial charge in [0.15, 0.2) is 0 Å². The van der Waals surface area contributed by atoms with Gasteiger partial charge in [0.05, 0.1) is 4.90 Å². The highest BCUT2D eigenvalue weighted by Gasteiger charge is 2.31. The zero-order valence-corrected chi connectivity index (χ0v) is 10.4. The fourth-order valence-electron chi connectivity index (χ4n) is 1.84. The van der Waals surface area contributed by atoms with Gasteiger partial charge < -0.3 is 14.4 Å². The van der Waals surface area contributed by atoms with Gasteiger partial charge in [0.25, 0.3) is 0 Å². The Bertz CT molecular complexity index is 413. The van der Waals surface area contributed by atoms with Crippen LogP contribution >= 0.6 is 11.8 Å². The van der Waals surface area contributed by atoms with Crippen molar-refractivity contribution in [1.29, 1.82) is 0 Å². The van der Waals surface area contributed by atoms with Crippen LogP contribution in [0.5, 0.6) is 0 Å². The summed E-state index contributed by atoms with van der Waals surface area (Å²) in [6.45, 7) is 5.21. The van der Waals surface area contributed by atoms with E-state index in [2.05, 4.69) is 13.8 Å². The van der Waals surface area contributed by atoms with Crippen molar-refractivity contribution in [3.63, 3.8) is 0 Å². The summed E-state index contributed by atoms with van der Waals surface area (Å²) in [5.41, 5.74) is 0.717. The summed E-state index contributed by atoms with van der Waals surface area (Å²) >= 11 is 1.71. The van der Waals surface area contributed by atoms with Crippen molar-refractivity contribution in [2.45, 2.75) is 24.0 Å². The van der Waals surface area contributed by atoms with E-state index in [1.807, 2.05) is 11.9 Å². The first-order valence-electron chi connectivity index (χ1n) is 5.23. The number of carbonyl (C=O) groups is 1. The summed E-state index contributed by atoms with van der Waals surface area (Å²) < 4.78 is 5.12. The van der Waals surface area contributed by atoms with Gasteiger partial charge in [-0.25, -0.2) is 4.79 Å². The Balaban J connectivity index is 2.36. The minimum atomic E-state index is -1.00. The highest BCUT2D eigenvalue weighted by atomic mass is 32.2. The highest BCUT2D eigenvalue weighted by molar-refractivity contribution is 8.00. The molecule has 1 aliphatic rings. The van der Waals surface area contributed by atoms with Gasteiger partial charge in [-0.05, 0) is 5.92 Å². The fourth-order valence-corrected chi connectivity index (χ4v) is 3.20. The number of carboxylic acid groups (broad SMARTS) is 1. The molecule has 0 radical (unpaired) electrons. The number of furan rings is 1. The lowest BCUT2D eigenvalue weighted by molar-refractivity contribution is 0.0663. The summed E-state index contributed by atoms with van der Waals surface area (Å²) in [4.78, 5) is 13.9. The number of hydrogen-bond donors (Lipinski definition) is 1. The Kier molecular flexibility index (Phi) is 2.88. The topological polar surface area (TPSA) is 53.7 Å². The molecule has 88 valence electrons. The van der Waals surface area contributed by atoms with E-state index in [0.29, 0.717) is 11.2 Å². The maximum atomic E-state index is 11.0. The van der Waals surface area contributed by atoms with Gasteiger partial charge in [0.2, 0.25) is 5.76 Å². The van der Waals surface area contributed by atoms with Crippen molar-refractivity contribution in [3.05, 3.63) is 12.0 Å². The summed E-state index contributed by atoms with van der Waals surface area (Å²) in [5.74, 6) is -0.396. The van der Waals surface area contributed by atoms with Crippen molar-refractivity contribution < 1.29 is 14.3 Å². The largest absolute Gasteiger partial charge is 0.475 e. The first kappa shape index (κ1) is 11.4. The van der Waals surface area contributed by atoms with E-state index >= 15 is 0 Å². The molecule has 5 heteroatoms. The van der Waals surface area contributed by atoms with Gasteiger partial charge in [0, 0.05) is 18.8 Å². The molecular weight excluding hydrogens is 226 g/mol. The SMILES string of the molecule is CC(C)C1CN(C)c2c(coc2C(=O)O)S1. The van der Waals surface area contributed by atoms with Gasteiger partial charge in [-0.1, -0.05) is 13.8 Å². The normalized spacial score (nSPS) is 20.0. The van der Waals surface area contributed by atoms with Crippen LogP contribution in [0.25, 0.3) is 0 Å². The fraction of sp³-hybridized carbons (Fsp3) is 0.545. The molecule has 0 aromatic carbocycles. The van der Waals surface area contributed by atoms with Crippen molar-refractivity contribution in [2.24, 2.45) is 5.92 Å². The number of nitrogens with zero attached hydrogens (tertiary/aromatic N) is 1. The average Bonchev–Trinajstić information content (AvgIpc) is 2.61. The van der Waals surface area contributed by atoms with Crippen LogP contribution in [0.3, 0.4) is 0 Å². The summed E-state index contributed by atoms with van der Waals surface area (Å²) in [6.07, 6.45) is 1.55. The Morgan fingerprint density at radius 3 is 2.94 bits per heavy atom. The zero-order chi connectivity index (χ0) is 11.9. The number of rotatable bonds is 2. The van der Waals surface area contributed by atoms with Crippen LogP contribution in [0.15, 0.2) is 15.6 Å². The number of carboxylic acids is 1. The molecule has 0 amide bonds. The van der Waals surface area contributed by atoms with E-state index in [0.717, 1.165) is 17.1 Å².